The first-order valence-corrected chi connectivity index (χ1v) is 12.5. The number of carbonyl (C=O) groups is 2. The van der Waals surface area contributed by atoms with Crippen LogP contribution in [-0.2, 0) is 21.5 Å². The van der Waals surface area contributed by atoms with Crippen molar-refractivity contribution in [2.24, 2.45) is 0 Å². The first-order valence-electron chi connectivity index (χ1n) is 12.1. The highest BCUT2D eigenvalue weighted by atomic mass is 35.5. The van der Waals surface area contributed by atoms with E-state index in [0.29, 0.717) is 24.1 Å². The maximum Gasteiger partial charge on any atom is 0.408 e. The van der Waals surface area contributed by atoms with Gasteiger partial charge in [-0.3, -0.25) is 9.89 Å². The molecule has 1 amide bonds. The summed E-state index contributed by atoms with van der Waals surface area (Å²) in [7, 11) is 0. The Bertz CT molecular complexity index is 1480. The van der Waals surface area contributed by atoms with E-state index >= 15 is 0 Å². The number of carboxylic acids is 1. The molecule has 0 saturated heterocycles. The highest BCUT2D eigenvalue weighted by Gasteiger charge is 2.51. The molecule has 1 aliphatic carbocycles. The predicted octanol–water partition coefficient (Wildman–Crippen LogP) is 6.64. The summed E-state index contributed by atoms with van der Waals surface area (Å²) in [4.78, 5) is 23.9. The normalized spacial score (nSPS) is 14.5. The molecule has 1 aromatic heterocycles. The summed E-state index contributed by atoms with van der Waals surface area (Å²) in [5.74, 6) is -1.23. The smallest absolute Gasteiger partial charge is 0.408 e. The highest BCUT2D eigenvalue weighted by Crippen LogP contribution is 2.48. The molecule has 0 bridgehead atoms. The lowest BCUT2D eigenvalue weighted by Crippen LogP contribution is -2.25. The fourth-order valence-corrected chi connectivity index (χ4v) is 4.85. The van der Waals surface area contributed by atoms with Gasteiger partial charge in [-0.15, -0.1) is 0 Å². The number of rotatable bonds is 8. The molecule has 1 atom stereocenters. The molecule has 0 spiro atoms. The SMILES string of the molecule is CC(OC(=O)NCc1[nH]ncc1-c1ccc(-c2ccc(C3(C(=O)O)CC3)cc2)cc1)c1ccc(F)cc1Cl. The Morgan fingerprint density at radius 2 is 1.71 bits per heavy atom. The molecule has 3 aromatic carbocycles. The van der Waals surface area contributed by atoms with Gasteiger partial charge in [0, 0.05) is 11.1 Å². The van der Waals surface area contributed by atoms with E-state index in [4.69, 9.17) is 16.3 Å². The number of hydrogen-bond donors (Lipinski definition) is 3. The molecule has 9 heteroatoms. The van der Waals surface area contributed by atoms with Crippen molar-refractivity contribution in [3.05, 3.63) is 101 Å². The highest BCUT2D eigenvalue weighted by molar-refractivity contribution is 6.31. The summed E-state index contributed by atoms with van der Waals surface area (Å²) in [6.07, 6.45) is 1.74. The summed E-state index contributed by atoms with van der Waals surface area (Å²) in [6, 6.07) is 19.5. The number of halogens is 2. The van der Waals surface area contributed by atoms with E-state index in [1.807, 2.05) is 48.5 Å². The van der Waals surface area contributed by atoms with Gasteiger partial charge in [0.15, 0.2) is 0 Å². The van der Waals surface area contributed by atoms with E-state index in [-0.39, 0.29) is 11.6 Å². The van der Waals surface area contributed by atoms with Crippen LogP contribution in [0, 0.1) is 5.82 Å². The number of carbonyl (C=O) groups excluding carboxylic acids is 1. The summed E-state index contributed by atoms with van der Waals surface area (Å²) in [5, 5.41) is 19.4. The summed E-state index contributed by atoms with van der Waals surface area (Å²) < 4.78 is 18.7. The molecule has 0 radical (unpaired) electrons. The van der Waals surface area contributed by atoms with Crippen molar-refractivity contribution in [1.82, 2.24) is 15.5 Å². The fraction of sp³-hybridized carbons (Fsp3) is 0.207. The van der Waals surface area contributed by atoms with Crippen molar-refractivity contribution < 1.29 is 23.8 Å². The van der Waals surface area contributed by atoms with Crippen LogP contribution in [0.5, 0.6) is 0 Å². The quantitative estimate of drug-likeness (QED) is 0.235. The zero-order chi connectivity index (χ0) is 26.9. The van der Waals surface area contributed by atoms with Gasteiger partial charge in [-0.25, -0.2) is 9.18 Å². The molecule has 1 unspecified atom stereocenters. The topological polar surface area (TPSA) is 104 Å². The van der Waals surface area contributed by atoms with Crippen LogP contribution in [0.15, 0.2) is 72.9 Å². The number of aromatic amines is 1. The third-order valence-corrected chi connectivity index (χ3v) is 7.27. The molecule has 3 N–H and O–H groups in total. The number of carboxylic acid groups (broad SMARTS) is 1. The fourth-order valence-electron chi connectivity index (χ4n) is 4.53. The first kappa shape index (κ1) is 25.5. The second-order valence-corrected chi connectivity index (χ2v) is 9.78. The van der Waals surface area contributed by atoms with Crippen molar-refractivity contribution in [1.29, 1.82) is 0 Å². The first-order chi connectivity index (χ1) is 18.3. The number of alkyl carbamates (subject to hydrolysis) is 1. The molecule has 194 valence electrons. The van der Waals surface area contributed by atoms with Crippen molar-refractivity contribution in [3.8, 4) is 22.3 Å². The van der Waals surface area contributed by atoms with Gasteiger partial charge in [-0.1, -0.05) is 66.2 Å². The van der Waals surface area contributed by atoms with E-state index in [0.717, 1.165) is 27.8 Å². The zero-order valence-corrected chi connectivity index (χ0v) is 21.3. The number of hydrogen-bond acceptors (Lipinski definition) is 4. The summed E-state index contributed by atoms with van der Waals surface area (Å²) in [5.41, 5.74) is 5.08. The van der Waals surface area contributed by atoms with Crippen LogP contribution in [0.4, 0.5) is 9.18 Å². The summed E-state index contributed by atoms with van der Waals surface area (Å²) in [6.45, 7) is 1.82. The third kappa shape index (κ3) is 5.13. The molecular formula is C29H25ClFN3O4. The Labute approximate surface area is 223 Å². The Balaban J connectivity index is 1.22. The number of ether oxygens (including phenoxy) is 1. The molecule has 4 aromatic rings. The number of H-pyrrole nitrogens is 1. The maximum atomic E-state index is 13.3. The van der Waals surface area contributed by atoms with Crippen LogP contribution < -0.4 is 5.32 Å². The number of aromatic nitrogens is 2. The number of amides is 1. The molecule has 1 aliphatic rings. The lowest BCUT2D eigenvalue weighted by Gasteiger charge is -2.15. The second-order valence-electron chi connectivity index (χ2n) is 9.37. The van der Waals surface area contributed by atoms with Crippen molar-refractivity contribution in [2.45, 2.75) is 37.8 Å². The van der Waals surface area contributed by atoms with Gasteiger partial charge in [-0.2, -0.15) is 5.10 Å². The molecular weight excluding hydrogens is 509 g/mol. The molecule has 1 fully saturated rings. The zero-order valence-electron chi connectivity index (χ0n) is 20.5. The van der Waals surface area contributed by atoms with E-state index in [1.165, 1.54) is 18.2 Å². The minimum Gasteiger partial charge on any atom is -0.481 e. The Morgan fingerprint density at radius 3 is 2.32 bits per heavy atom. The largest absolute Gasteiger partial charge is 0.481 e. The average Bonchev–Trinajstić information content (AvgIpc) is 3.59. The lowest BCUT2D eigenvalue weighted by molar-refractivity contribution is -0.140. The van der Waals surface area contributed by atoms with Crippen molar-refractivity contribution in [2.75, 3.05) is 0 Å². The van der Waals surface area contributed by atoms with Crippen LogP contribution in [0.1, 0.15) is 42.7 Å². The molecule has 38 heavy (non-hydrogen) atoms. The number of nitrogens with zero attached hydrogens (tertiary/aromatic N) is 1. The van der Waals surface area contributed by atoms with Gasteiger partial charge < -0.3 is 15.2 Å². The van der Waals surface area contributed by atoms with Crippen LogP contribution in [0.2, 0.25) is 5.02 Å². The van der Waals surface area contributed by atoms with Crippen LogP contribution >= 0.6 is 11.6 Å². The van der Waals surface area contributed by atoms with Gasteiger partial charge in [0.2, 0.25) is 0 Å². The predicted molar refractivity (Wildman–Crippen MR) is 141 cm³/mol. The standard InChI is InChI=1S/C29H25ClFN3O4/c1-17(23-11-10-22(31)14-25(23)30)38-28(37)32-16-26-24(15-33-34-26)20-4-2-18(3-5-20)19-6-8-21(9-7-19)29(12-13-29)27(35)36/h2-11,14-15,17H,12-13,16H2,1H3,(H,32,37)(H,33,34)(H,35,36). The van der Waals surface area contributed by atoms with E-state index in [1.54, 1.807) is 13.1 Å². The Hall–Kier alpha value is -4.17. The van der Waals surface area contributed by atoms with Crippen LogP contribution in [0.25, 0.3) is 22.3 Å². The Morgan fingerprint density at radius 1 is 1.08 bits per heavy atom. The van der Waals surface area contributed by atoms with Gasteiger partial charge in [-0.05, 0) is 54.2 Å². The minimum absolute atomic E-state index is 0.159. The van der Waals surface area contributed by atoms with E-state index in [9.17, 15) is 19.1 Å². The van der Waals surface area contributed by atoms with Gasteiger partial charge in [0.05, 0.1) is 28.9 Å². The van der Waals surface area contributed by atoms with E-state index < -0.39 is 29.4 Å². The molecule has 1 heterocycles. The monoisotopic (exact) mass is 533 g/mol. The second kappa shape index (κ2) is 10.3. The maximum absolute atomic E-state index is 13.3. The van der Waals surface area contributed by atoms with Gasteiger partial charge in [0.25, 0.3) is 0 Å². The molecule has 7 nitrogen and oxygen atoms in total. The molecule has 1 saturated carbocycles. The van der Waals surface area contributed by atoms with Crippen LogP contribution in [-0.4, -0.2) is 27.4 Å². The number of nitrogens with one attached hydrogen (secondary N) is 2. The van der Waals surface area contributed by atoms with E-state index in [2.05, 4.69) is 15.5 Å². The Kier molecular flexibility index (Phi) is 6.91. The van der Waals surface area contributed by atoms with Gasteiger partial charge in [0.1, 0.15) is 11.9 Å². The third-order valence-electron chi connectivity index (χ3n) is 6.94. The summed E-state index contributed by atoms with van der Waals surface area (Å²) >= 11 is 6.06. The molecule has 0 aliphatic heterocycles. The number of aliphatic carboxylic acids is 1. The molecule has 5 rings (SSSR count). The minimum atomic E-state index is -0.764. The van der Waals surface area contributed by atoms with Crippen LogP contribution in [0.3, 0.4) is 0 Å². The van der Waals surface area contributed by atoms with Crippen molar-refractivity contribution in [3.63, 3.8) is 0 Å². The number of benzene rings is 3. The van der Waals surface area contributed by atoms with Gasteiger partial charge >= 0.3 is 12.1 Å². The van der Waals surface area contributed by atoms with Crippen molar-refractivity contribution >= 4 is 23.7 Å². The lowest BCUT2D eigenvalue weighted by atomic mass is 9.93. The average molecular weight is 534 g/mol.